The Balaban J connectivity index is 2.98. The summed E-state index contributed by atoms with van der Waals surface area (Å²) in [4.78, 5) is 12.8. The second-order valence-corrected chi connectivity index (χ2v) is 5.13. The van der Waals surface area contributed by atoms with Crippen molar-refractivity contribution in [1.82, 2.24) is 0 Å². The van der Waals surface area contributed by atoms with Gasteiger partial charge in [0, 0.05) is 31.1 Å². The predicted molar refractivity (Wildman–Crippen MR) is 79.5 cm³/mol. The molecule has 98 valence electrons. The summed E-state index contributed by atoms with van der Waals surface area (Å²) in [6.45, 7) is 2.95. The molecule has 0 aromatic heterocycles. The molecule has 0 unspecified atom stereocenters. The van der Waals surface area contributed by atoms with Crippen LogP contribution in [0.3, 0.4) is 0 Å². The Morgan fingerprint density at radius 2 is 2.22 bits per heavy atom. The fraction of sp³-hybridized carbons (Fsp3) is 0.357. The van der Waals surface area contributed by atoms with Crippen molar-refractivity contribution in [2.45, 2.75) is 6.92 Å². The van der Waals surface area contributed by atoms with E-state index in [1.165, 1.54) is 6.08 Å². The van der Waals surface area contributed by atoms with E-state index in [9.17, 15) is 4.79 Å². The summed E-state index contributed by atoms with van der Waals surface area (Å²) in [5, 5.41) is 8.71. The van der Waals surface area contributed by atoms with E-state index < -0.39 is 5.97 Å². The third-order valence-corrected chi connectivity index (χ3v) is 3.22. The van der Waals surface area contributed by atoms with Gasteiger partial charge >= 0.3 is 5.97 Å². The van der Waals surface area contributed by atoms with E-state index in [0.29, 0.717) is 0 Å². The third-order valence-electron chi connectivity index (χ3n) is 2.63. The maximum absolute atomic E-state index is 10.6. The minimum Gasteiger partial charge on any atom is -0.478 e. The van der Waals surface area contributed by atoms with Crippen molar-refractivity contribution in [3.63, 3.8) is 0 Å². The zero-order valence-electron chi connectivity index (χ0n) is 11.0. The highest BCUT2D eigenvalue weighted by atomic mass is 32.2. The van der Waals surface area contributed by atoms with E-state index in [1.807, 2.05) is 32.2 Å². The van der Waals surface area contributed by atoms with Gasteiger partial charge in [0.15, 0.2) is 0 Å². The van der Waals surface area contributed by atoms with E-state index in [4.69, 9.17) is 5.11 Å². The van der Waals surface area contributed by atoms with Crippen LogP contribution in [0.25, 0.3) is 6.08 Å². The zero-order valence-corrected chi connectivity index (χ0v) is 11.8. The maximum Gasteiger partial charge on any atom is 0.328 e. The number of benzene rings is 1. The second-order valence-electron chi connectivity index (χ2n) is 4.15. The maximum atomic E-state index is 10.6. The summed E-state index contributed by atoms with van der Waals surface area (Å²) in [5.74, 6) is 0.126. The van der Waals surface area contributed by atoms with Gasteiger partial charge in [0.05, 0.1) is 0 Å². The van der Waals surface area contributed by atoms with Crippen molar-refractivity contribution in [1.29, 1.82) is 0 Å². The second kappa shape index (κ2) is 7.11. The van der Waals surface area contributed by atoms with Gasteiger partial charge in [0.25, 0.3) is 0 Å². The highest BCUT2D eigenvalue weighted by molar-refractivity contribution is 7.98. The lowest BCUT2D eigenvalue weighted by molar-refractivity contribution is -0.131. The molecule has 0 amide bonds. The number of nitrogens with zero attached hydrogens (tertiary/aromatic N) is 1. The van der Waals surface area contributed by atoms with E-state index in [0.717, 1.165) is 29.1 Å². The van der Waals surface area contributed by atoms with Crippen LogP contribution in [-0.2, 0) is 4.79 Å². The average molecular weight is 265 g/mol. The number of carboxylic acids is 1. The summed E-state index contributed by atoms with van der Waals surface area (Å²) in [6, 6.07) is 6.09. The van der Waals surface area contributed by atoms with Crippen LogP contribution in [0.2, 0.25) is 0 Å². The third kappa shape index (κ3) is 4.45. The number of aryl methyl sites for hydroxylation is 1. The van der Waals surface area contributed by atoms with Crippen molar-refractivity contribution >= 4 is 29.5 Å². The van der Waals surface area contributed by atoms with Crippen molar-refractivity contribution in [2.24, 2.45) is 0 Å². The van der Waals surface area contributed by atoms with Gasteiger partial charge < -0.3 is 10.0 Å². The van der Waals surface area contributed by atoms with Gasteiger partial charge in [-0.05, 0) is 37.0 Å². The smallest absolute Gasteiger partial charge is 0.328 e. The van der Waals surface area contributed by atoms with Crippen molar-refractivity contribution < 1.29 is 9.90 Å². The lowest BCUT2D eigenvalue weighted by Gasteiger charge is -2.21. The summed E-state index contributed by atoms with van der Waals surface area (Å²) in [7, 11) is 2.03. The average Bonchev–Trinajstić information content (AvgIpc) is 2.33. The molecule has 0 fully saturated rings. The molecule has 0 aliphatic carbocycles. The Labute approximate surface area is 113 Å². The number of thioether (sulfide) groups is 1. The number of anilines is 1. The molecular weight excluding hydrogens is 246 g/mol. The molecule has 0 radical (unpaired) electrons. The molecule has 1 aromatic carbocycles. The first-order chi connectivity index (χ1) is 8.54. The van der Waals surface area contributed by atoms with Gasteiger partial charge in [0.2, 0.25) is 0 Å². The van der Waals surface area contributed by atoms with Crippen LogP contribution >= 0.6 is 11.8 Å². The monoisotopic (exact) mass is 265 g/mol. The van der Waals surface area contributed by atoms with E-state index >= 15 is 0 Å². The molecule has 1 aromatic rings. The molecule has 0 aliphatic rings. The lowest BCUT2D eigenvalue weighted by atomic mass is 10.1. The highest BCUT2D eigenvalue weighted by Gasteiger charge is 2.05. The van der Waals surface area contributed by atoms with Gasteiger partial charge in [-0.15, -0.1) is 0 Å². The van der Waals surface area contributed by atoms with E-state index in [-0.39, 0.29) is 0 Å². The fourth-order valence-electron chi connectivity index (χ4n) is 1.66. The molecule has 0 bridgehead atoms. The Bertz CT molecular complexity index is 443. The van der Waals surface area contributed by atoms with Gasteiger partial charge in [-0.1, -0.05) is 11.6 Å². The van der Waals surface area contributed by atoms with Crippen molar-refractivity contribution in [3.8, 4) is 0 Å². The van der Waals surface area contributed by atoms with Crippen molar-refractivity contribution in [3.05, 3.63) is 35.4 Å². The standard InChI is InChI=1S/C14H19NO2S/c1-11-4-6-13(15(2)8-9-18-3)12(10-11)5-7-14(16)17/h4-7,10H,8-9H2,1-3H3,(H,16,17)/b7-5+. The number of hydrogen-bond acceptors (Lipinski definition) is 3. The molecule has 3 nitrogen and oxygen atoms in total. The number of carboxylic acid groups (broad SMARTS) is 1. The Hall–Kier alpha value is -1.42. The molecule has 0 heterocycles. The Morgan fingerprint density at radius 1 is 1.50 bits per heavy atom. The van der Waals surface area contributed by atoms with Crippen LogP contribution < -0.4 is 4.90 Å². The first-order valence-electron chi connectivity index (χ1n) is 5.76. The zero-order chi connectivity index (χ0) is 13.5. The molecule has 0 spiro atoms. The molecule has 0 atom stereocenters. The van der Waals surface area contributed by atoms with Crippen molar-refractivity contribution in [2.75, 3.05) is 30.5 Å². The van der Waals surface area contributed by atoms with Crippen LogP contribution in [-0.4, -0.2) is 36.7 Å². The molecule has 4 heteroatoms. The van der Waals surface area contributed by atoms with Crippen LogP contribution in [0.1, 0.15) is 11.1 Å². The topological polar surface area (TPSA) is 40.5 Å². The summed E-state index contributed by atoms with van der Waals surface area (Å²) in [5.41, 5.74) is 3.13. The minimum atomic E-state index is -0.922. The summed E-state index contributed by atoms with van der Waals surface area (Å²) in [6.07, 6.45) is 4.91. The Kier molecular flexibility index (Phi) is 5.78. The summed E-state index contributed by atoms with van der Waals surface area (Å²) < 4.78 is 0. The molecular formula is C14H19NO2S. The van der Waals surface area contributed by atoms with Crippen LogP contribution in [0.5, 0.6) is 0 Å². The molecule has 1 rings (SSSR count). The molecule has 0 saturated heterocycles. The van der Waals surface area contributed by atoms with E-state index in [1.54, 1.807) is 17.8 Å². The first kappa shape index (κ1) is 14.6. The first-order valence-corrected chi connectivity index (χ1v) is 7.15. The lowest BCUT2D eigenvalue weighted by Crippen LogP contribution is -2.21. The minimum absolute atomic E-state index is 0.922. The fourth-order valence-corrected chi connectivity index (χ4v) is 2.12. The summed E-state index contributed by atoms with van der Waals surface area (Å²) >= 11 is 1.80. The number of rotatable bonds is 6. The van der Waals surface area contributed by atoms with Gasteiger partial charge in [-0.25, -0.2) is 4.79 Å². The number of aliphatic carboxylic acids is 1. The Morgan fingerprint density at radius 3 is 2.83 bits per heavy atom. The van der Waals surface area contributed by atoms with Crippen LogP contribution in [0.4, 0.5) is 5.69 Å². The number of hydrogen-bond donors (Lipinski definition) is 1. The molecule has 1 N–H and O–H groups in total. The molecule has 0 aliphatic heterocycles. The molecule has 0 saturated carbocycles. The van der Waals surface area contributed by atoms with Gasteiger partial charge in [-0.3, -0.25) is 0 Å². The molecule has 18 heavy (non-hydrogen) atoms. The van der Waals surface area contributed by atoms with Gasteiger partial charge in [0.1, 0.15) is 0 Å². The van der Waals surface area contributed by atoms with Gasteiger partial charge in [-0.2, -0.15) is 11.8 Å². The highest BCUT2D eigenvalue weighted by Crippen LogP contribution is 2.22. The SMILES string of the molecule is CSCCN(C)c1ccc(C)cc1/C=C/C(=O)O. The number of carbonyl (C=O) groups is 1. The predicted octanol–water partition coefficient (Wildman–Crippen LogP) is 2.89. The quantitative estimate of drug-likeness (QED) is 0.803. The normalized spacial score (nSPS) is 10.8. The van der Waals surface area contributed by atoms with E-state index in [2.05, 4.69) is 11.2 Å². The van der Waals surface area contributed by atoms with Crippen LogP contribution in [0.15, 0.2) is 24.3 Å². The largest absolute Gasteiger partial charge is 0.478 e. The van der Waals surface area contributed by atoms with Crippen LogP contribution in [0, 0.1) is 6.92 Å².